The lowest BCUT2D eigenvalue weighted by molar-refractivity contribution is -0.389. The number of rotatable bonds is 2. The van der Waals surface area contributed by atoms with E-state index in [9.17, 15) is 14.9 Å². The lowest BCUT2D eigenvalue weighted by atomic mass is 10.1. The summed E-state index contributed by atoms with van der Waals surface area (Å²) in [5.41, 5.74) is 0.281. The molecule has 132 valence electrons. The highest BCUT2D eigenvalue weighted by molar-refractivity contribution is 5.69. The van der Waals surface area contributed by atoms with Gasteiger partial charge in [-0.25, -0.2) is 4.79 Å². The Morgan fingerprint density at radius 1 is 1.29 bits per heavy atom. The van der Waals surface area contributed by atoms with Gasteiger partial charge in [0.05, 0.1) is 5.69 Å². The number of piperazine rings is 1. The van der Waals surface area contributed by atoms with E-state index in [1.54, 1.807) is 11.0 Å². The van der Waals surface area contributed by atoms with Crippen molar-refractivity contribution in [2.75, 3.05) is 18.0 Å². The van der Waals surface area contributed by atoms with Gasteiger partial charge in [-0.15, -0.1) is 0 Å². The first-order valence-electron chi connectivity index (χ1n) is 7.95. The van der Waals surface area contributed by atoms with Crippen molar-refractivity contribution >= 4 is 17.6 Å². The Morgan fingerprint density at radius 3 is 2.46 bits per heavy atom. The predicted molar refractivity (Wildman–Crippen MR) is 90.1 cm³/mol. The topological polar surface area (TPSA) is 88.8 Å². The molecule has 1 amide bonds. The first-order chi connectivity index (χ1) is 11.1. The number of anilines is 1. The maximum atomic E-state index is 12.3. The number of pyridine rings is 1. The fraction of sp³-hybridized carbons (Fsp3) is 0.625. The normalized spacial score (nSPS) is 21.5. The molecule has 2 heterocycles. The van der Waals surface area contributed by atoms with Crippen LogP contribution in [0.25, 0.3) is 0 Å². The van der Waals surface area contributed by atoms with Crippen molar-refractivity contribution in [2.24, 2.45) is 0 Å². The molecule has 0 spiro atoms. The van der Waals surface area contributed by atoms with Crippen LogP contribution in [0.4, 0.5) is 16.3 Å². The quantitative estimate of drug-likeness (QED) is 0.609. The van der Waals surface area contributed by atoms with Crippen molar-refractivity contribution in [1.29, 1.82) is 0 Å². The summed E-state index contributed by atoms with van der Waals surface area (Å²) < 4.78 is 5.46. The molecule has 0 unspecified atom stereocenters. The zero-order valence-corrected chi connectivity index (χ0v) is 14.7. The standard InChI is InChI=1S/C16H24N4O4/c1-11-10-19(15(21)24-16(3,4)5)12(2)9-18(11)13-6-7-14(17-8-13)20(22)23/h6-8,11-12H,9-10H2,1-5H3/t11-,12+/m1/s1. The number of nitro groups is 1. The average molecular weight is 336 g/mol. The Kier molecular flexibility index (Phi) is 4.96. The van der Waals surface area contributed by atoms with E-state index in [1.165, 1.54) is 12.3 Å². The molecule has 1 aliphatic heterocycles. The Labute approximate surface area is 141 Å². The lowest BCUT2D eigenvalue weighted by Gasteiger charge is -2.44. The molecule has 1 aromatic rings. The molecule has 1 fully saturated rings. The monoisotopic (exact) mass is 336 g/mol. The summed E-state index contributed by atoms with van der Waals surface area (Å²) in [6, 6.07) is 3.10. The molecule has 0 saturated carbocycles. The molecule has 1 saturated heterocycles. The van der Waals surface area contributed by atoms with Gasteiger partial charge in [-0.05, 0) is 50.6 Å². The maximum Gasteiger partial charge on any atom is 0.410 e. The summed E-state index contributed by atoms with van der Waals surface area (Å²) in [6.07, 6.45) is 1.19. The molecule has 0 bridgehead atoms. The minimum atomic E-state index is -0.528. The second kappa shape index (κ2) is 6.62. The van der Waals surface area contributed by atoms with E-state index < -0.39 is 10.5 Å². The number of carbonyl (C=O) groups is 1. The van der Waals surface area contributed by atoms with E-state index in [2.05, 4.69) is 9.88 Å². The van der Waals surface area contributed by atoms with Crippen LogP contribution < -0.4 is 4.90 Å². The molecule has 0 aromatic carbocycles. The van der Waals surface area contributed by atoms with E-state index in [4.69, 9.17) is 4.74 Å². The molecule has 1 aromatic heterocycles. The van der Waals surface area contributed by atoms with Gasteiger partial charge in [-0.1, -0.05) is 0 Å². The molecular formula is C16H24N4O4. The molecule has 0 radical (unpaired) electrons. The number of ether oxygens (including phenoxy) is 1. The minimum absolute atomic E-state index is 0.0359. The second-order valence-electron chi connectivity index (χ2n) is 7.11. The molecule has 1 aliphatic rings. The summed E-state index contributed by atoms with van der Waals surface area (Å²) in [6.45, 7) is 10.6. The first-order valence-corrected chi connectivity index (χ1v) is 7.95. The Bertz CT molecular complexity index is 611. The summed E-state index contributed by atoms with van der Waals surface area (Å²) in [7, 11) is 0. The third-order valence-electron chi connectivity index (χ3n) is 3.86. The van der Waals surface area contributed by atoms with Crippen molar-refractivity contribution in [3.05, 3.63) is 28.4 Å². The molecule has 0 N–H and O–H groups in total. The first kappa shape index (κ1) is 18.0. The van der Waals surface area contributed by atoms with Crippen LogP contribution >= 0.6 is 0 Å². The highest BCUT2D eigenvalue weighted by atomic mass is 16.6. The van der Waals surface area contributed by atoms with Gasteiger partial charge in [-0.3, -0.25) is 0 Å². The van der Waals surface area contributed by atoms with Crippen LogP contribution in [0, 0.1) is 10.1 Å². The van der Waals surface area contributed by atoms with Gasteiger partial charge in [0.15, 0.2) is 6.20 Å². The van der Waals surface area contributed by atoms with Crippen molar-refractivity contribution in [1.82, 2.24) is 9.88 Å². The Morgan fingerprint density at radius 2 is 1.96 bits per heavy atom. The van der Waals surface area contributed by atoms with Gasteiger partial charge >= 0.3 is 11.9 Å². The van der Waals surface area contributed by atoms with Crippen LogP contribution in [0.1, 0.15) is 34.6 Å². The SMILES string of the molecule is C[C@@H]1CN(C(=O)OC(C)(C)C)[C@@H](C)CN1c1ccc([N+](=O)[O-])nc1. The summed E-state index contributed by atoms with van der Waals surface area (Å²) in [5, 5.41) is 10.7. The van der Waals surface area contributed by atoms with Crippen LogP contribution in [-0.4, -0.2) is 51.7 Å². The van der Waals surface area contributed by atoms with Gasteiger partial charge in [0.25, 0.3) is 0 Å². The molecule has 0 aliphatic carbocycles. The molecule has 8 nitrogen and oxygen atoms in total. The Balaban J connectivity index is 2.10. The smallest absolute Gasteiger partial charge is 0.410 e. The second-order valence-corrected chi connectivity index (χ2v) is 7.11. The third-order valence-corrected chi connectivity index (χ3v) is 3.86. The number of amides is 1. The number of aromatic nitrogens is 1. The van der Waals surface area contributed by atoms with E-state index in [0.717, 1.165) is 5.69 Å². The molecule has 2 atom stereocenters. The van der Waals surface area contributed by atoms with E-state index >= 15 is 0 Å². The van der Waals surface area contributed by atoms with Crippen LogP contribution in [0.3, 0.4) is 0 Å². The highest BCUT2D eigenvalue weighted by Crippen LogP contribution is 2.25. The van der Waals surface area contributed by atoms with Crippen molar-refractivity contribution < 1.29 is 14.5 Å². The maximum absolute atomic E-state index is 12.3. The van der Waals surface area contributed by atoms with Crippen LogP contribution in [0.15, 0.2) is 18.3 Å². The predicted octanol–water partition coefficient (Wildman–Crippen LogP) is 2.82. The van der Waals surface area contributed by atoms with Gasteiger partial charge in [0.2, 0.25) is 0 Å². The van der Waals surface area contributed by atoms with Crippen LogP contribution in [0.5, 0.6) is 0 Å². The van der Waals surface area contributed by atoms with E-state index in [1.807, 2.05) is 34.6 Å². The summed E-state index contributed by atoms with van der Waals surface area (Å²) >= 11 is 0. The van der Waals surface area contributed by atoms with E-state index in [0.29, 0.717) is 13.1 Å². The van der Waals surface area contributed by atoms with Crippen molar-refractivity contribution in [3.8, 4) is 0 Å². The van der Waals surface area contributed by atoms with Gasteiger partial charge < -0.3 is 24.7 Å². The molecule has 24 heavy (non-hydrogen) atoms. The fourth-order valence-electron chi connectivity index (χ4n) is 2.72. The van der Waals surface area contributed by atoms with Gasteiger partial charge in [-0.2, -0.15) is 0 Å². The third kappa shape index (κ3) is 4.12. The zero-order chi connectivity index (χ0) is 18.1. The van der Waals surface area contributed by atoms with Crippen LogP contribution in [0.2, 0.25) is 0 Å². The minimum Gasteiger partial charge on any atom is -0.444 e. The van der Waals surface area contributed by atoms with E-state index in [-0.39, 0.29) is 24.0 Å². The van der Waals surface area contributed by atoms with Gasteiger partial charge in [0, 0.05) is 31.2 Å². The summed E-state index contributed by atoms with van der Waals surface area (Å²) in [5.74, 6) is -0.174. The molecular weight excluding hydrogens is 312 g/mol. The van der Waals surface area contributed by atoms with Crippen LogP contribution in [-0.2, 0) is 4.74 Å². The van der Waals surface area contributed by atoms with Crippen molar-refractivity contribution in [2.45, 2.75) is 52.3 Å². The molecule has 2 rings (SSSR count). The number of nitrogens with zero attached hydrogens (tertiary/aromatic N) is 4. The highest BCUT2D eigenvalue weighted by Gasteiger charge is 2.35. The number of hydrogen-bond donors (Lipinski definition) is 0. The lowest BCUT2D eigenvalue weighted by Crippen LogP contribution is -2.59. The Hall–Kier alpha value is -2.38. The largest absolute Gasteiger partial charge is 0.444 e. The van der Waals surface area contributed by atoms with Crippen molar-refractivity contribution in [3.63, 3.8) is 0 Å². The number of carbonyl (C=O) groups excluding carboxylic acids is 1. The number of hydrogen-bond acceptors (Lipinski definition) is 6. The summed E-state index contributed by atoms with van der Waals surface area (Å²) in [4.78, 5) is 30.2. The zero-order valence-electron chi connectivity index (χ0n) is 14.7. The fourth-order valence-corrected chi connectivity index (χ4v) is 2.72. The average Bonchev–Trinajstić information content (AvgIpc) is 2.47. The molecule has 8 heteroatoms. The van der Waals surface area contributed by atoms with Gasteiger partial charge in [0.1, 0.15) is 5.60 Å².